The van der Waals surface area contributed by atoms with Crippen molar-refractivity contribution < 1.29 is 8.42 Å². The molecular weight excluding hydrogens is 292 g/mol. The Morgan fingerprint density at radius 3 is 2.60 bits per heavy atom. The first-order chi connectivity index (χ1) is 9.56. The highest BCUT2D eigenvalue weighted by Gasteiger charge is 2.18. The van der Waals surface area contributed by atoms with Crippen molar-refractivity contribution in [3.8, 4) is 0 Å². The maximum Gasteiger partial charge on any atom is 0.264 e. The fraction of sp³-hybridized carbons (Fsp3) is 0.0714. The van der Waals surface area contributed by atoms with E-state index in [0.717, 1.165) is 11.1 Å². The number of nitrogens with one attached hydrogen (secondary N) is 1. The molecule has 0 aliphatic rings. The molecule has 4 nitrogen and oxygen atoms in total. The number of nitrogens with zero attached hydrogens (tertiary/aromatic N) is 1. The second-order valence-electron chi connectivity index (χ2n) is 4.38. The van der Waals surface area contributed by atoms with E-state index in [9.17, 15) is 8.42 Å². The van der Waals surface area contributed by atoms with E-state index in [1.807, 2.05) is 31.2 Å². The zero-order valence-electron chi connectivity index (χ0n) is 10.7. The van der Waals surface area contributed by atoms with Gasteiger partial charge in [0, 0.05) is 10.8 Å². The molecule has 102 valence electrons. The third-order valence-corrected chi connectivity index (χ3v) is 5.28. The van der Waals surface area contributed by atoms with Crippen LogP contribution >= 0.6 is 11.3 Å². The Morgan fingerprint density at radius 1 is 1.10 bits per heavy atom. The molecule has 0 fully saturated rings. The van der Waals surface area contributed by atoms with Gasteiger partial charge in [-0.3, -0.25) is 4.72 Å². The minimum absolute atomic E-state index is 0.267. The summed E-state index contributed by atoms with van der Waals surface area (Å²) in [5.74, 6) is 0. The highest BCUT2D eigenvalue weighted by atomic mass is 32.2. The van der Waals surface area contributed by atoms with Gasteiger partial charge in [-0.25, -0.2) is 13.4 Å². The van der Waals surface area contributed by atoms with Crippen LogP contribution in [0.4, 0.5) is 5.13 Å². The number of rotatable bonds is 3. The van der Waals surface area contributed by atoms with Gasteiger partial charge in [-0.2, -0.15) is 0 Å². The summed E-state index contributed by atoms with van der Waals surface area (Å²) in [5, 5.41) is 3.79. The molecule has 0 unspecified atom stereocenters. The quantitative estimate of drug-likeness (QED) is 0.806. The van der Waals surface area contributed by atoms with Crippen molar-refractivity contribution in [3.63, 3.8) is 0 Å². The van der Waals surface area contributed by atoms with Gasteiger partial charge in [-0.15, -0.1) is 11.3 Å². The Kier molecular flexibility index (Phi) is 3.19. The first-order valence-electron chi connectivity index (χ1n) is 5.99. The molecule has 0 radical (unpaired) electrons. The summed E-state index contributed by atoms with van der Waals surface area (Å²) in [6.45, 7) is 1.83. The summed E-state index contributed by atoms with van der Waals surface area (Å²) in [4.78, 5) is 4.40. The number of fused-ring (bicyclic) bond motifs is 1. The van der Waals surface area contributed by atoms with Crippen molar-refractivity contribution in [2.75, 3.05) is 4.72 Å². The van der Waals surface area contributed by atoms with E-state index in [1.165, 1.54) is 11.3 Å². The van der Waals surface area contributed by atoms with Crippen molar-refractivity contribution in [1.29, 1.82) is 0 Å². The summed E-state index contributed by atoms with van der Waals surface area (Å²) in [6.07, 6.45) is 0. The topological polar surface area (TPSA) is 59.1 Å². The highest BCUT2D eigenvalue weighted by Crippen LogP contribution is 2.25. The second kappa shape index (κ2) is 4.88. The van der Waals surface area contributed by atoms with E-state index < -0.39 is 10.0 Å². The van der Waals surface area contributed by atoms with Crippen LogP contribution in [-0.4, -0.2) is 13.4 Å². The lowest BCUT2D eigenvalue weighted by Gasteiger charge is -2.08. The average Bonchev–Trinajstić information content (AvgIpc) is 2.82. The van der Waals surface area contributed by atoms with Crippen molar-refractivity contribution in [3.05, 3.63) is 53.5 Å². The molecule has 0 bridgehead atoms. The number of aryl methyl sites for hydroxylation is 1. The molecule has 6 heteroatoms. The summed E-state index contributed by atoms with van der Waals surface area (Å²) < 4.78 is 27.5. The number of aromatic nitrogens is 1. The minimum Gasteiger partial charge on any atom is -0.255 e. The van der Waals surface area contributed by atoms with Crippen LogP contribution in [0.2, 0.25) is 0 Å². The van der Waals surface area contributed by atoms with Crippen LogP contribution in [0.1, 0.15) is 5.69 Å². The Balaban J connectivity index is 2.09. The Morgan fingerprint density at radius 2 is 1.85 bits per heavy atom. The first-order valence-corrected chi connectivity index (χ1v) is 8.35. The lowest BCUT2D eigenvalue weighted by atomic mass is 10.1. The lowest BCUT2D eigenvalue weighted by Crippen LogP contribution is -2.13. The van der Waals surface area contributed by atoms with Gasteiger partial charge in [0.15, 0.2) is 5.13 Å². The molecule has 0 saturated heterocycles. The summed E-state index contributed by atoms with van der Waals surface area (Å²) in [6, 6.07) is 12.6. The van der Waals surface area contributed by atoms with Gasteiger partial charge in [-0.1, -0.05) is 36.4 Å². The van der Waals surface area contributed by atoms with Crippen molar-refractivity contribution in [1.82, 2.24) is 4.98 Å². The predicted molar refractivity (Wildman–Crippen MR) is 81.6 cm³/mol. The molecule has 3 aromatic rings. The van der Waals surface area contributed by atoms with Gasteiger partial charge < -0.3 is 0 Å². The fourth-order valence-electron chi connectivity index (χ4n) is 2.00. The van der Waals surface area contributed by atoms with E-state index in [0.29, 0.717) is 10.5 Å². The largest absolute Gasteiger partial charge is 0.264 e. The Labute approximate surface area is 121 Å². The molecule has 1 aromatic heterocycles. The maximum absolute atomic E-state index is 12.5. The third kappa shape index (κ3) is 2.39. The SMILES string of the molecule is Cc1csc(NS(=O)(=O)c2cccc3ccccc23)n1. The molecule has 3 rings (SSSR count). The molecule has 0 aliphatic heterocycles. The lowest BCUT2D eigenvalue weighted by molar-refractivity contribution is 0.602. The molecule has 0 amide bonds. The molecule has 1 N–H and O–H groups in total. The van der Waals surface area contributed by atoms with Crippen LogP contribution in [0.25, 0.3) is 10.8 Å². The average molecular weight is 304 g/mol. The standard InChI is InChI=1S/C14H12N2O2S2/c1-10-9-19-14(15-10)16-20(17,18)13-8-4-6-11-5-2-3-7-12(11)13/h2-9H,1H3,(H,15,16). The molecule has 1 heterocycles. The Bertz CT molecular complexity index is 864. The van der Waals surface area contributed by atoms with Crippen molar-refractivity contribution >= 4 is 37.3 Å². The van der Waals surface area contributed by atoms with Crippen LogP contribution < -0.4 is 4.72 Å². The zero-order chi connectivity index (χ0) is 14.2. The molecule has 2 aromatic carbocycles. The van der Waals surface area contributed by atoms with Gasteiger partial charge in [0.05, 0.1) is 10.6 Å². The van der Waals surface area contributed by atoms with Crippen LogP contribution in [0.5, 0.6) is 0 Å². The number of sulfonamides is 1. The highest BCUT2D eigenvalue weighted by molar-refractivity contribution is 7.93. The van der Waals surface area contributed by atoms with Gasteiger partial charge >= 0.3 is 0 Å². The van der Waals surface area contributed by atoms with E-state index in [2.05, 4.69) is 9.71 Å². The van der Waals surface area contributed by atoms with E-state index in [1.54, 1.807) is 23.6 Å². The smallest absolute Gasteiger partial charge is 0.255 e. The predicted octanol–water partition coefficient (Wildman–Crippen LogP) is 3.41. The first kappa shape index (κ1) is 13.1. The molecule has 0 spiro atoms. The number of hydrogen-bond acceptors (Lipinski definition) is 4. The van der Waals surface area contributed by atoms with Gasteiger partial charge in [0.25, 0.3) is 10.0 Å². The van der Waals surface area contributed by atoms with E-state index >= 15 is 0 Å². The van der Waals surface area contributed by atoms with Crippen LogP contribution in [-0.2, 0) is 10.0 Å². The number of benzene rings is 2. The zero-order valence-corrected chi connectivity index (χ0v) is 12.3. The van der Waals surface area contributed by atoms with Crippen LogP contribution in [0, 0.1) is 6.92 Å². The van der Waals surface area contributed by atoms with Gasteiger partial charge in [0.2, 0.25) is 0 Å². The maximum atomic E-state index is 12.5. The summed E-state index contributed by atoms with van der Waals surface area (Å²) in [7, 11) is -3.63. The Hall–Kier alpha value is -1.92. The number of anilines is 1. The van der Waals surface area contributed by atoms with Gasteiger partial charge in [0.1, 0.15) is 0 Å². The molecule has 0 atom stereocenters. The van der Waals surface area contributed by atoms with Crippen molar-refractivity contribution in [2.24, 2.45) is 0 Å². The normalized spacial score (nSPS) is 11.7. The molecule has 20 heavy (non-hydrogen) atoms. The number of hydrogen-bond donors (Lipinski definition) is 1. The monoisotopic (exact) mass is 304 g/mol. The molecular formula is C14H12N2O2S2. The van der Waals surface area contributed by atoms with E-state index in [4.69, 9.17) is 0 Å². The fourth-order valence-corrected chi connectivity index (χ4v) is 4.17. The van der Waals surface area contributed by atoms with Crippen molar-refractivity contribution in [2.45, 2.75) is 11.8 Å². The minimum atomic E-state index is -3.63. The van der Waals surface area contributed by atoms with Crippen LogP contribution in [0.3, 0.4) is 0 Å². The number of thiazole rings is 1. The molecule has 0 aliphatic carbocycles. The summed E-state index contributed by atoms with van der Waals surface area (Å²) in [5.41, 5.74) is 0.797. The second-order valence-corrected chi connectivity index (χ2v) is 6.89. The van der Waals surface area contributed by atoms with E-state index in [-0.39, 0.29) is 4.90 Å². The molecule has 0 saturated carbocycles. The summed E-state index contributed by atoms with van der Waals surface area (Å²) >= 11 is 1.28. The third-order valence-electron chi connectivity index (χ3n) is 2.88. The van der Waals surface area contributed by atoms with Gasteiger partial charge in [-0.05, 0) is 18.4 Å². The van der Waals surface area contributed by atoms with Crippen LogP contribution in [0.15, 0.2) is 52.7 Å².